The fraction of sp³-hybridized carbons (Fsp3) is 0.632. The van der Waals surface area contributed by atoms with Crippen LogP contribution in [0.25, 0.3) is 0 Å². The van der Waals surface area contributed by atoms with Crippen molar-refractivity contribution in [1.82, 2.24) is 0 Å². The van der Waals surface area contributed by atoms with Gasteiger partial charge in [-0.2, -0.15) is 0 Å². The molecular formula is C19H24F3NO3. The molecule has 1 aliphatic carbocycles. The lowest BCUT2D eigenvalue weighted by Crippen LogP contribution is -2.39. The molecule has 0 N–H and O–H groups in total. The normalized spacial score (nSPS) is 26.5. The smallest absolute Gasteiger partial charge is 0.406 e. The lowest BCUT2D eigenvalue weighted by atomic mass is 9.72. The largest absolute Gasteiger partial charge is 0.573 e. The average molecular weight is 371 g/mol. The third-order valence-corrected chi connectivity index (χ3v) is 5.34. The summed E-state index contributed by atoms with van der Waals surface area (Å²) in [6.07, 6.45) is 0.693. The Bertz CT molecular complexity index is 622. The molecule has 26 heavy (non-hydrogen) atoms. The van der Waals surface area contributed by atoms with Crippen LogP contribution in [0.1, 0.15) is 45.4 Å². The fourth-order valence-electron chi connectivity index (χ4n) is 3.95. The summed E-state index contributed by atoms with van der Waals surface area (Å²) in [5.74, 6) is -0.202. The highest BCUT2D eigenvalue weighted by Crippen LogP contribution is 2.46. The zero-order valence-corrected chi connectivity index (χ0v) is 14.8. The van der Waals surface area contributed by atoms with Crippen LogP contribution in [-0.2, 0) is 9.53 Å². The minimum absolute atomic E-state index is 0.0796. The van der Waals surface area contributed by atoms with E-state index in [1.807, 2.05) is 0 Å². The minimum Gasteiger partial charge on any atom is -0.406 e. The van der Waals surface area contributed by atoms with Crippen molar-refractivity contribution >= 4 is 11.6 Å². The van der Waals surface area contributed by atoms with E-state index in [1.54, 1.807) is 4.90 Å². The topological polar surface area (TPSA) is 38.8 Å². The molecule has 1 saturated heterocycles. The molecule has 0 aromatic heterocycles. The van der Waals surface area contributed by atoms with Crippen LogP contribution in [0, 0.1) is 5.41 Å². The molecule has 0 radical (unpaired) electrons. The van der Waals surface area contributed by atoms with Crippen LogP contribution < -0.4 is 9.64 Å². The van der Waals surface area contributed by atoms with Crippen LogP contribution in [0.3, 0.4) is 0 Å². The Morgan fingerprint density at radius 1 is 1.15 bits per heavy atom. The molecule has 1 saturated carbocycles. The number of carbonyl (C=O) groups excluding carboxylic acids is 1. The molecule has 0 unspecified atom stereocenters. The molecule has 1 heterocycles. The summed E-state index contributed by atoms with van der Waals surface area (Å²) in [5, 5.41) is 0. The van der Waals surface area contributed by atoms with Crippen molar-refractivity contribution < 1.29 is 27.4 Å². The highest BCUT2D eigenvalue weighted by Gasteiger charge is 2.48. The van der Waals surface area contributed by atoms with E-state index in [-0.39, 0.29) is 23.2 Å². The molecule has 1 aliphatic heterocycles. The molecule has 0 bridgehead atoms. The van der Waals surface area contributed by atoms with Crippen LogP contribution in [0.5, 0.6) is 5.75 Å². The van der Waals surface area contributed by atoms with Crippen LogP contribution >= 0.6 is 0 Å². The van der Waals surface area contributed by atoms with Crippen LogP contribution in [-0.4, -0.2) is 31.5 Å². The number of amides is 1. The summed E-state index contributed by atoms with van der Waals surface area (Å²) in [4.78, 5) is 14.7. The predicted molar refractivity (Wildman–Crippen MR) is 91.0 cm³/mol. The molecule has 1 amide bonds. The second-order valence-electron chi connectivity index (χ2n) is 7.10. The van der Waals surface area contributed by atoms with Gasteiger partial charge < -0.3 is 14.4 Å². The molecular weight excluding hydrogens is 347 g/mol. The molecule has 0 atom stereocenters. The Hall–Kier alpha value is -1.76. The number of anilines is 1. The standard InChI is InChI=1S/C19H24F3NO3/c1-2-13-25-15-7-9-18(10-8-15)11-12-23(17(18)24)14-3-5-16(6-4-14)26-19(20,21)22/h3-6,15H,2,7-13H2,1H3/t15-,18-. The van der Waals surface area contributed by atoms with Crippen LogP contribution in [0.15, 0.2) is 24.3 Å². The molecule has 1 spiro atoms. The van der Waals surface area contributed by atoms with Gasteiger partial charge in [0, 0.05) is 18.8 Å². The van der Waals surface area contributed by atoms with Crippen molar-refractivity contribution in [2.75, 3.05) is 18.1 Å². The predicted octanol–water partition coefficient (Wildman–Crippen LogP) is 4.68. The third kappa shape index (κ3) is 4.14. The monoisotopic (exact) mass is 371 g/mol. The zero-order valence-electron chi connectivity index (χ0n) is 14.8. The van der Waals surface area contributed by atoms with Gasteiger partial charge in [0.25, 0.3) is 0 Å². The summed E-state index contributed by atoms with van der Waals surface area (Å²) >= 11 is 0. The number of carbonyl (C=O) groups is 1. The number of alkyl halides is 3. The van der Waals surface area contributed by atoms with E-state index in [4.69, 9.17) is 4.74 Å². The molecule has 7 heteroatoms. The minimum atomic E-state index is -4.71. The van der Waals surface area contributed by atoms with Crippen molar-refractivity contribution in [3.8, 4) is 5.75 Å². The van der Waals surface area contributed by atoms with E-state index >= 15 is 0 Å². The number of ether oxygens (including phenoxy) is 2. The summed E-state index contributed by atoms with van der Waals surface area (Å²) in [6, 6.07) is 5.51. The molecule has 2 aliphatic rings. The van der Waals surface area contributed by atoms with Gasteiger partial charge in [-0.25, -0.2) is 0 Å². The maximum absolute atomic E-state index is 13.0. The second-order valence-corrected chi connectivity index (χ2v) is 7.10. The number of hydrogen-bond donors (Lipinski definition) is 0. The Labute approximate surface area is 151 Å². The van der Waals surface area contributed by atoms with E-state index in [0.717, 1.165) is 45.1 Å². The molecule has 1 aromatic carbocycles. The van der Waals surface area contributed by atoms with E-state index in [0.29, 0.717) is 12.2 Å². The highest BCUT2D eigenvalue weighted by atomic mass is 19.4. The maximum Gasteiger partial charge on any atom is 0.573 e. The highest BCUT2D eigenvalue weighted by molar-refractivity contribution is 6.00. The molecule has 4 nitrogen and oxygen atoms in total. The first-order valence-electron chi connectivity index (χ1n) is 9.12. The van der Waals surface area contributed by atoms with Gasteiger partial charge in [-0.3, -0.25) is 4.79 Å². The summed E-state index contributed by atoms with van der Waals surface area (Å²) in [6.45, 7) is 3.43. The molecule has 2 fully saturated rings. The van der Waals surface area contributed by atoms with Crippen molar-refractivity contribution in [2.24, 2.45) is 5.41 Å². The maximum atomic E-state index is 13.0. The van der Waals surface area contributed by atoms with Gasteiger partial charge in [-0.15, -0.1) is 13.2 Å². The van der Waals surface area contributed by atoms with Crippen LogP contribution in [0.4, 0.5) is 18.9 Å². The Balaban J connectivity index is 1.62. The molecule has 144 valence electrons. The van der Waals surface area contributed by atoms with E-state index in [9.17, 15) is 18.0 Å². The molecule has 1 aromatic rings. The second kappa shape index (κ2) is 7.47. The average Bonchev–Trinajstić information content (AvgIpc) is 2.91. The Kier molecular flexibility index (Phi) is 5.46. The van der Waals surface area contributed by atoms with Gasteiger partial charge in [0.1, 0.15) is 5.75 Å². The fourth-order valence-corrected chi connectivity index (χ4v) is 3.95. The van der Waals surface area contributed by atoms with Crippen molar-refractivity contribution in [3.05, 3.63) is 24.3 Å². The number of hydrogen-bond acceptors (Lipinski definition) is 3. The molecule has 3 rings (SSSR count). The number of nitrogens with zero attached hydrogens (tertiary/aromatic N) is 1. The van der Waals surface area contributed by atoms with E-state index in [2.05, 4.69) is 11.7 Å². The van der Waals surface area contributed by atoms with Gasteiger partial charge in [0.15, 0.2) is 0 Å². The first-order valence-corrected chi connectivity index (χ1v) is 9.12. The Morgan fingerprint density at radius 2 is 1.81 bits per heavy atom. The lowest BCUT2D eigenvalue weighted by Gasteiger charge is -2.35. The van der Waals surface area contributed by atoms with Gasteiger partial charge in [0.2, 0.25) is 5.91 Å². The van der Waals surface area contributed by atoms with Gasteiger partial charge in [-0.05, 0) is 62.8 Å². The SMILES string of the molecule is CCCO[C@H]1CC[C@@]2(CCN(c3ccc(OC(F)(F)F)cc3)C2=O)CC1. The zero-order chi connectivity index (χ0) is 18.8. The number of benzene rings is 1. The Morgan fingerprint density at radius 3 is 2.38 bits per heavy atom. The number of rotatable bonds is 5. The van der Waals surface area contributed by atoms with Crippen molar-refractivity contribution in [1.29, 1.82) is 0 Å². The summed E-state index contributed by atoms with van der Waals surface area (Å²) < 4.78 is 46.5. The lowest BCUT2D eigenvalue weighted by molar-refractivity contribution is -0.274. The van der Waals surface area contributed by atoms with Gasteiger partial charge in [0.05, 0.1) is 11.5 Å². The van der Waals surface area contributed by atoms with Crippen molar-refractivity contribution in [2.45, 2.75) is 57.9 Å². The quantitative estimate of drug-likeness (QED) is 0.755. The van der Waals surface area contributed by atoms with Gasteiger partial charge in [-0.1, -0.05) is 6.92 Å². The van der Waals surface area contributed by atoms with E-state index < -0.39 is 6.36 Å². The van der Waals surface area contributed by atoms with E-state index in [1.165, 1.54) is 24.3 Å². The first kappa shape index (κ1) is 19.0. The summed E-state index contributed by atoms with van der Waals surface area (Å²) in [7, 11) is 0. The van der Waals surface area contributed by atoms with Crippen molar-refractivity contribution in [3.63, 3.8) is 0 Å². The first-order chi connectivity index (χ1) is 12.3. The van der Waals surface area contributed by atoms with Crippen LogP contribution in [0.2, 0.25) is 0 Å². The summed E-state index contributed by atoms with van der Waals surface area (Å²) in [5.41, 5.74) is 0.276. The van der Waals surface area contributed by atoms with Gasteiger partial charge >= 0.3 is 6.36 Å². The number of halogens is 3. The third-order valence-electron chi connectivity index (χ3n) is 5.34.